The number of aromatic nitrogens is 5. The van der Waals surface area contributed by atoms with Crippen molar-refractivity contribution in [3.8, 4) is 0 Å². The molecule has 0 aromatic carbocycles. The molecule has 22 heavy (non-hydrogen) atoms. The zero-order valence-corrected chi connectivity index (χ0v) is 14.3. The fourth-order valence-corrected chi connectivity index (χ4v) is 3.49. The van der Waals surface area contributed by atoms with Gasteiger partial charge in [-0.05, 0) is 6.92 Å². The van der Waals surface area contributed by atoms with Crippen molar-refractivity contribution in [2.24, 2.45) is 7.05 Å². The minimum Gasteiger partial charge on any atom is -0.378 e. The van der Waals surface area contributed by atoms with Gasteiger partial charge in [-0.25, -0.2) is 4.98 Å². The Bertz CT molecular complexity index is 637. The SMILES string of the molecule is CCn1c(SCc2ncc(Cl)n2C)nnc1N1CCOCC1. The molecule has 0 atom stereocenters. The van der Waals surface area contributed by atoms with E-state index in [1.807, 2.05) is 11.6 Å². The number of hydrogen-bond acceptors (Lipinski definition) is 6. The van der Waals surface area contributed by atoms with Crippen LogP contribution >= 0.6 is 23.4 Å². The molecular formula is C13H19ClN6OS. The Morgan fingerprint density at radius 2 is 2.09 bits per heavy atom. The summed E-state index contributed by atoms with van der Waals surface area (Å²) < 4.78 is 9.41. The van der Waals surface area contributed by atoms with Crippen LogP contribution in [0.2, 0.25) is 5.15 Å². The van der Waals surface area contributed by atoms with Gasteiger partial charge in [0, 0.05) is 26.7 Å². The zero-order valence-electron chi connectivity index (χ0n) is 12.7. The molecule has 0 amide bonds. The Morgan fingerprint density at radius 1 is 1.32 bits per heavy atom. The van der Waals surface area contributed by atoms with E-state index in [2.05, 4.69) is 31.6 Å². The van der Waals surface area contributed by atoms with Crippen LogP contribution in [0.15, 0.2) is 11.4 Å². The first-order chi connectivity index (χ1) is 10.7. The maximum absolute atomic E-state index is 6.01. The number of nitrogens with zero attached hydrogens (tertiary/aromatic N) is 6. The molecular weight excluding hydrogens is 324 g/mol. The van der Waals surface area contributed by atoms with Crippen LogP contribution in [0.3, 0.4) is 0 Å². The number of anilines is 1. The monoisotopic (exact) mass is 342 g/mol. The average molecular weight is 343 g/mol. The van der Waals surface area contributed by atoms with Crippen LogP contribution in [-0.4, -0.2) is 50.6 Å². The van der Waals surface area contributed by atoms with Crippen molar-refractivity contribution in [3.63, 3.8) is 0 Å². The van der Waals surface area contributed by atoms with Crippen molar-refractivity contribution in [1.82, 2.24) is 24.3 Å². The summed E-state index contributed by atoms with van der Waals surface area (Å²) in [6, 6.07) is 0. The summed E-state index contributed by atoms with van der Waals surface area (Å²) in [5.41, 5.74) is 0. The van der Waals surface area contributed by atoms with E-state index in [9.17, 15) is 0 Å². The third kappa shape index (κ3) is 3.09. The molecule has 2 aromatic heterocycles. The van der Waals surface area contributed by atoms with Gasteiger partial charge in [0.25, 0.3) is 0 Å². The molecule has 120 valence electrons. The van der Waals surface area contributed by atoms with E-state index in [0.29, 0.717) is 10.9 Å². The summed E-state index contributed by atoms with van der Waals surface area (Å²) >= 11 is 7.64. The lowest BCUT2D eigenvalue weighted by Gasteiger charge is -2.27. The summed E-state index contributed by atoms with van der Waals surface area (Å²) in [7, 11) is 1.91. The number of morpholine rings is 1. The second kappa shape index (κ2) is 6.89. The van der Waals surface area contributed by atoms with Crippen molar-refractivity contribution in [3.05, 3.63) is 17.2 Å². The Labute approximate surface area is 138 Å². The van der Waals surface area contributed by atoms with Gasteiger partial charge in [0.15, 0.2) is 5.16 Å². The highest BCUT2D eigenvalue weighted by Crippen LogP contribution is 2.25. The van der Waals surface area contributed by atoms with E-state index in [1.54, 1.807) is 18.0 Å². The van der Waals surface area contributed by atoms with Gasteiger partial charge < -0.3 is 14.2 Å². The number of rotatable bonds is 5. The molecule has 0 bridgehead atoms. The molecule has 1 saturated heterocycles. The van der Waals surface area contributed by atoms with Gasteiger partial charge in [0.1, 0.15) is 11.0 Å². The lowest BCUT2D eigenvalue weighted by Crippen LogP contribution is -2.38. The third-order valence-corrected chi connectivity index (χ3v) is 4.98. The lowest BCUT2D eigenvalue weighted by atomic mass is 10.4. The molecule has 1 aliphatic heterocycles. The molecule has 1 fully saturated rings. The minimum absolute atomic E-state index is 0.640. The van der Waals surface area contributed by atoms with Crippen LogP contribution < -0.4 is 4.90 Å². The maximum Gasteiger partial charge on any atom is 0.228 e. The molecule has 9 heteroatoms. The van der Waals surface area contributed by atoms with Crippen LogP contribution in [0.5, 0.6) is 0 Å². The smallest absolute Gasteiger partial charge is 0.228 e. The molecule has 0 spiro atoms. The predicted octanol–water partition coefficient (Wildman–Crippen LogP) is 1.81. The number of imidazole rings is 1. The first-order valence-corrected chi connectivity index (χ1v) is 8.61. The van der Waals surface area contributed by atoms with Gasteiger partial charge >= 0.3 is 0 Å². The van der Waals surface area contributed by atoms with E-state index in [-0.39, 0.29) is 0 Å². The molecule has 2 aromatic rings. The highest BCUT2D eigenvalue weighted by atomic mass is 35.5. The maximum atomic E-state index is 6.01. The molecule has 0 aliphatic carbocycles. The van der Waals surface area contributed by atoms with Crippen molar-refractivity contribution in [1.29, 1.82) is 0 Å². The second-order valence-corrected chi connectivity index (χ2v) is 6.30. The molecule has 0 N–H and O–H groups in total. The standard InChI is InChI=1S/C13H19ClN6OS/c1-3-20-12(19-4-6-21-7-5-19)16-17-13(20)22-9-11-15-8-10(14)18(11)2/h8H,3-7,9H2,1-2H3. The zero-order chi connectivity index (χ0) is 15.5. The summed E-state index contributed by atoms with van der Waals surface area (Å²) in [6.07, 6.45) is 1.67. The lowest BCUT2D eigenvalue weighted by molar-refractivity contribution is 0.121. The van der Waals surface area contributed by atoms with E-state index in [0.717, 1.165) is 49.8 Å². The summed E-state index contributed by atoms with van der Waals surface area (Å²) in [4.78, 5) is 6.53. The van der Waals surface area contributed by atoms with Gasteiger partial charge in [0.2, 0.25) is 5.95 Å². The molecule has 0 radical (unpaired) electrons. The van der Waals surface area contributed by atoms with Gasteiger partial charge in [-0.2, -0.15) is 0 Å². The quantitative estimate of drug-likeness (QED) is 0.772. The van der Waals surface area contributed by atoms with Gasteiger partial charge in [0.05, 0.1) is 25.2 Å². The van der Waals surface area contributed by atoms with Crippen LogP contribution in [-0.2, 0) is 24.1 Å². The van der Waals surface area contributed by atoms with Gasteiger partial charge in [-0.1, -0.05) is 23.4 Å². The Hall–Kier alpha value is -1.25. The number of hydrogen-bond donors (Lipinski definition) is 0. The van der Waals surface area contributed by atoms with Crippen molar-refractivity contribution in [2.75, 3.05) is 31.2 Å². The molecule has 7 nitrogen and oxygen atoms in total. The van der Waals surface area contributed by atoms with Gasteiger partial charge in [-0.3, -0.25) is 4.57 Å². The fourth-order valence-electron chi connectivity index (χ4n) is 2.35. The Kier molecular flexibility index (Phi) is 4.90. The number of halogens is 1. The second-order valence-electron chi connectivity index (χ2n) is 4.97. The third-order valence-electron chi connectivity index (χ3n) is 3.67. The molecule has 0 saturated carbocycles. The normalized spacial score (nSPS) is 15.5. The highest BCUT2D eigenvalue weighted by Gasteiger charge is 2.20. The van der Waals surface area contributed by atoms with E-state index >= 15 is 0 Å². The van der Waals surface area contributed by atoms with Crippen LogP contribution in [0.25, 0.3) is 0 Å². The first kappa shape index (κ1) is 15.6. The van der Waals surface area contributed by atoms with Crippen molar-refractivity contribution < 1.29 is 4.74 Å². The van der Waals surface area contributed by atoms with Crippen LogP contribution in [0, 0.1) is 0 Å². The average Bonchev–Trinajstić information content (AvgIpc) is 3.10. The largest absolute Gasteiger partial charge is 0.378 e. The molecule has 3 heterocycles. The van der Waals surface area contributed by atoms with E-state index in [1.165, 1.54) is 0 Å². The topological polar surface area (TPSA) is 61.0 Å². The number of thioether (sulfide) groups is 1. The minimum atomic E-state index is 0.640. The van der Waals surface area contributed by atoms with Gasteiger partial charge in [-0.15, -0.1) is 10.2 Å². The fraction of sp³-hybridized carbons (Fsp3) is 0.615. The molecule has 3 rings (SSSR count). The van der Waals surface area contributed by atoms with E-state index in [4.69, 9.17) is 16.3 Å². The molecule has 0 unspecified atom stereocenters. The van der Waals surface area contributed by atoms with Crippen LogP contribution in [0.1, 0.15) is 12.7 Å². The van der Waals surface area contributed by atoms with Crippen LogP contribution in [0.4, 0.5) is 5.95 Å². The van der Waals surface area contributed by atoms with Crippen molar-refractivity contribution >= 4 is 29.3 Å². The summed E-state index contributed by atoms with van der Waals surface area (Å²) in [6.45, 7) is 6.14. The highest BCUT2D eigenvalue weighted by molar-refractivity contribution is 7.98. The first-order valence-electron chi connectivity index (χ1n) is 7.25. The molecule has 1 aliphatic rings. The number of ether oxygens (including phenoxy) is 1. The summed E-state index contributed by atoms with van der Waals surface area (Å²) in [5, 5.41) is 10.2. The Balaban J connectivity index is 1.73. The summed E-state index contributed by atoms with van der Waals surface area (Å²) in [5.74, 6) is 2.56. The Morgan fingerprint density at radius 3 is 2.73 bits per heavy atom. The van der Waals surface area contributed by atoms with E-state index < -0.39 is 0 Å². The predicted molar refractivity (Wildman–Crippen MR) is 86.5 cm³/mol. The van der Waals surface area contributed by atoms with Crippen molar-refractivity contribution in [2.45, 2.75) is 24.4 Å².